The van der Waals surface area contributed by atoms with E-state index < -0.39 is 0 Å². The van der Waals surface area contributed by atoms with Gasteiger partial charge in [0, 0.05) is 30.2 Å². The maximum absolute atomic E-state index is 6.31. The number of aromatic amines is 1. The Morgan fingerprint density at radius 2 is 2.24 bits per heavy atom. The van der Waals surface area contributed by atoms with Crippen LogP contribution in [0.25, 0.3) is 10.9 Å². The lowest BCUT2D eigenvalue weighted by Crippen LogP contribution is -2.36. The van der Waals surface area contributed by atoms with Crippen molar-refractivity contribution in [3.63, 3.8) is 0 Å². The molecule has 4 rings (SSSR count). The Morgan fingerprint density at radius 1 is 1.32 bits per heavy atom. The fraction of sp³-hybridized carbons (Fsp3) is 0.353. The van der Waals surface area contributed by atoms with Crippen LogP contribution in [0, 0.1) is 0 Å². The Morgan fingerprint density at radius 3 is 3.16 bits per heavy atom. The summed E-state index contributed by atoms with van der Waals surface area (Å²) >= 11 is 6.31. The SMILES string of the molecule is CC1CN(c2ncc(Cl)c(Nc3ccc4[nH]ncc4c3)n2)CCCN1. The number of hydrogen-bond acceptors (Lipinski definition) is 6. The summed E-state index contributed by atoms with van der Waals surface area (Å²) in [5.41, 5.74) is 1.90. The van der Waals surface area contributed by atoms with Gasteiger partial charge in [-0.15, -0.1) is 0 Å². The molecule has 130 valence electrons. The number of halogens is 1. The highest BCUT2D eigenvalue weighted by Gasteiger charge is 2.18. The van der Waals surface area contributed by atoms with Crippen LogP contribution in [0.3, 0.4) is 0 Å². The number of anilines is 3. The van der Waals surface area contributed by atoms with Crippen molar-refractivity contribution in [1.82, 2.24) is 25.5 Å². The predicted octanol–water partition coefficient (Wildman–Crippen LogP) is 2.94. The van der Waals surface area contributed by atoms with Gasteiger partial charge in [-0.1, -0.05) is 11.6 Å². The highest BCUT2D eigenvalue weighted by Crippen LogP contribution is 2.26. The number of benzene rings is 1. The maximum Gasteiger partial charge on any atom is 0.227 e. The van der Waals surface area contributed by atoms with Crippen molar-refractivity contribution >= 4 is 40.0 Å². The molecule has 0 saturated carbocycles. The molecule has 7 nitrogen and oxygen atoms in total. The first-order chi connectivity index (χ1) is 12.2. The van der Waals surface area contributed by atoms with E-state index in [0.29, 0.717) is 22.8 Å². The summed E-state index contributed by atoms with van der Waals surface area (Å²) < 4.78 is 0. The highest BCUT2D eigenvalue weighted by molar-refractivity contribution is 6.32. The fourth-order valence-electron chi connectivity index (χ4n) is 3.04. The van der Waals surface area contributed by atoms with Gasteiger partial charge in [0.15, 0.2) is 5.82 Å². The molecule has 0 radical (unpaired) electrons. The normalized spacial score (nSPS) is 18.3. The van der Waals surface area contributed by atoms with Crippen molar-refractivity contribution in [2.45, 2.75) is 19.4 Å². The van der Waals surface area contributed by atoms with E-state index in [1.807, 2.05) is 18.2 Å². The molecule has 0 amide bonds. The van der Waals surface area contributed by atoms with Crippen LogP contribution >= 0.6 is 11.6 Å². The van der Waals surface area contributed by atoms with Crippen LogP contribution in [-0.4, -0.2) is 45.8 Å². The van der Waals surface area contributed by atoms with E-state index >= 15 is 0 Å². The average Bonchev–Trinajstić information content (AvgIpc) is 2.96. The number of rotatable bonds is 3. The molecule has 3 aromatic rings. The lowest BCUT2D eigenvalue weighted by molar-refractivity contribution is 0.582. The van der Waals surface area contributed by atoms with E-state index in [1.165, 1.54) is 0 Å². The van der Waals surface area contributed by atoms with Crippen LogP contribution in [0.15, 0.2) is 30.6 Å². The topological polar surface area (TPSA) is 81.8 Å². The Bertz CT molecular complexity index is 878. The Labute approximate surface area is 150 Å². The van der Waals surface area contributed by atoms with Crippen molar-refractivity contribution in [1.29, 1.82) is 0 Å². The summed E-state index contributed by atoms with van der Waals surface area (Å²) in [7, 11) is 0. The van der Waals surface area contributed by atoms with E-state index in [9.17, 15) is 0 Å². The van der Waals surface area contributed by atoms with E-state index in [1.54, 1.807) is 12.4 Å². The molecule has 0 aliphatic carbocycles. The molecular weight excluding hydrogens is 338 g/mol. The van der Waals surface area contributed by atoms with E-state index in [-0.39, 0.29) is 0 Å². The van der Waals surface area contributed by atoms with Gasteiger partial charge in [-0.25, -0.2) is 4.98 Å². The van der Waals surface area contributed by atoms with Gasteiger partial charge < -0.3 is 15.5 Å². The summed E-state index contributed by atoms with van der Waals surface area (Å²) in [6, 6.07) is 6.36. The van der Waals surface area contributed by atoms with Gasteiger partial charge in [0.25, 0.3) is 0 Å². The van der Waals surface area contributed by atoms with Gasteiger partial charge >= 0.3 is 0 Å². The summed E-state index contributed by atoms with van der Waals surface area (Å²) in [4.78, 5) is 11.3. The standard InChI is InChI=1S/C17H20ClN7/c1-11-10-25(6-2-5-19-11)17-20-9-14(18)16(23-17)22-13-3-4-15-12(7-13)8-21-24-15/h3-4,7-9,11,19H,2,5-6,10H2,1H3,(H,21,24)(H,20,22,23). The van der Waals surface area contributed by atoms with Gasteiger partial charge in [0.1, 0.15) is 5.02 Å². The molecule has 0 bridgehead atoms. The lowest BCUT2D eigenvalue weighted by atomic mass is 10.2. The van der Waals surface area contributed by atoms with E-state index in [2.05, 4.69) is 42.6 Å². The first kappa shape index (κ1) is 16.1. The summed E-state index contributed by atoms with van der Waals surface area (Å²) in [6.45, 7) is 5.00. The molecule has 1 unspecified atom stereocenters. The number of nitrogens with one attached hydrogen (secondary N) is 3. The van der Waals surface area contributed by atoms with Crippen LogP contribution in [0.4, 0.5) is 17.5 Å². The summed E-state index contributed by atoms with van der Waals surface area (Å²) in [5, 5.41) is 15.3. The van der Waals surface area contributed by atoms with Crippen molar-refractivity contribution in [3.05, 3.63) is 35.6 Å². The van der Waals surface area contributed by atoms with E-state index in [0.717, 1.165) is 42.6 Å². The molecule has 1 aliphatic heterocycles. The predicted molar refractivity (Wildman–Crippen MR) is 101 cm³/mol. The van der Waals surface area contributed by atoms with Crippen LogP contribution in [0.2, 0.25) is 5.02 Å². The number of H-pyrrole nitrogens is 1. The molecule has 2 aromatic heterocycles. The summed E-state index contributed by atoms with van der Waals surface area (Å²) in [5.74, 6) is 1.31. The number of hydrogen-bond donors (Lipinski definition) is 3. The van der Waals surface area contributed by atoms with Crippen molar-refractivity contribution in [2.24, 2.45) is 0 Å². The molecule has 1 fully saturated rings. The fourth-order valence-corrected chi connectivity index (χ4v) is 3.18. The van der Waals surface area contributed by atoms with Gasteiger partial charge in [-0.05, 0) is 38.1 Å². The third-order valence-electron chi connectivity index (χ3n) is 4.31. The van der Waals surface area contributed by atoms with Gasteiger partial charge in [0.2, 0.25) is 5.95 Å². The molecule has 1 atom stereocenters. The number of nitrogens with zero attached hydrogens (tertiary/aromatic N) is 4. The molecule has 0 spiro atoms. The van der Waals surface area contributed by atoms with Crippen LogP contribution < -0.4 is 15.5 Å². The van der Waals surface area contributed by atoms with Gasteiger partial charge in [0.05, 0.1) is 17.9 Å². The molecular formula is C17H20ClN7. The first-order valence-electron chi connectivity index (χ1n) is 8.40. The van der Waals surface area contributed by atoms with E-state index in [4.69, 9.17) is 11.6 Å². The molecule has 25 heavy (non-hydrogen) atoms. The second-order valence-electron chi connectivity index (χ2n) is 6.32. The molecule has 1 aliphatic rings. The molecule has 1 saturated heterocycles. The zero-order chi connectivity index (χ0) is 17.2. The number of fused-ring (bicyclic) bond motifs is 1. The molecule has 8 heteroatoms. The van der Waals surface area contributed by atoms with Crippen LogP contribution in [-0.2, 0) is 0 Å². The van der Waals surface area contributed by atoms with Crippen LogP contribution in [0.5, 0.6) is 0 Å². The van der Waals surface area contributed by atoms with Crippen LogP contribution in [0.1, 0.15) is 13.3 Å². The minimum Gasteiger partial charge on any atom is -0.339 e. The molecule has 3 heterocycles. The zero-order valence-corrected chi connectivity index (χ0v) is 14.7. The quantitative estimate of drug-likeness (QED) is 0.668. The smallest absolute Gasteiger partial charge is 0.227 e. The van der Waals surface area contributed by atoms with Gasteiger partial charge in [-0.3, -0.25) is 5.10 Å². The summed E-state index contributed by atoms with van der Waals surface area (Å²) in [6.07, 6.45) is 4.51. The van der Waals surface area contributed by atoms with Crippen molar-refractivity contribution < 1.29 is 0 Å². The second-order valence-corrected chi connectivity index (χ2v) is 6.73. The average molecular weight is 358 g/mol. The first-order valence-corrected chi connectivity index (χ1v) is 8.78. The Balaban J connectivity index is 1.60. The zero-order valence-electron chi connectivity index (χ0n) is 14.0. The highest BCUT2D eigenvalue weighted by atomic mass is 35.5. The molecule has 3 N–H and O–H groups in total. The number of aromatic nitrogens is 4. The monoisotopic (exact) mass is 357 g/mol. The van der Waals surface area contributed by atoms with Gasteiger partial charge in [-0.2, -0.15) is 10.1 Å². The minimum absolute atomic E-state index is 0.404. The Hall–Kier alpha value is -2.38. The third kappa shape index (κ3) is 3.52. The Kier molecular flexibility index (Phi) is 4.42. The molecule has 1 aromatic carbocycles. The van der Waals surface area contributed by atoms with Crippen molar-refractivity contribution in [2.75, 3.05) is 29.9 Å². The van der Waals surface area contributed by atoms with Crippen molar-refractivity contribution in [3.8, 4) is 0 Å². The minimum atomic E-state index is 0.404. The third-order valence-corrected chi connectivity index (χ3v) is 4.59. The maximum atomic E-state index is 6.31. The largest absolute Gasteiger partial charge is 0.339 e. The second kappa shape index (κ2) is 6.85. The lowest BCUT2D eigenvalue weighted by Gasteiger charge is -2.23.